The molecule has 1 aromatic heterocycles. The number of aryl methyl sites for hydroxylation is 1. The van der Waals surface area contributed by atoms with Crippen LogP contribution in [-0.2, 0) is 20.1 Å². The first kappa shape index (κ1) is 14.3. The topological polar surface area (TPSA) is 33.1 Å². The third-order valence-corrected chi connectivity index (χ3v) is 4.10. The van der Waals surface area contributed by atoms with E-state index in [1.54, 1.807) is 0 Å². The standard InChI is InChI=1S/C17H24N4/c1-20-11-9-16(19-20)12-18-17-8-5-10-21(14-17)13-15-6-3-2-4-7-15/h2-4,6-7,9,11,17-18H,5,8,10,12-14H2,1H3. The molecule has 21 heavy (non-hydrogen) atoms. The Morgan fingerprint density at radius 2 is 2.10 bits per heavy atom. The van der Waals surface area contributed by atoms with Crippen LogP contribution >= 0.6 is 0 Å². The molecule has 0 radical (unpaired) electrons. The van der Waals surface area contributed by atoms with Gasteiger partial charge in [-0.1, -0.05) is 30.3 Å². The molecule has 3 rings (SSSR count). The van der Waals surface area contributed by atoms with Gasteiger partial charge in [-0.25, -0.2) is 0 Å². The van der Waals surface area contributed by atoms with Crippen molar-refractivity contribution >= 4 is 0 Å². The van der Waals surface area contributed by atoms with E-state index in [-0.39, 0.29) is 0 Å². The van der Waals surface area contributed by atoms with Gasteiger partial charge in [-0.05, 0) is 31.0 Å². The van der Waals surface area contributed by atoms with E-state index >= 15 is 0 Å². The number of nitrogens with one attached hydrogen (secondary N) is 1. The van der Waals surface area contributed by atoms with E-state index in [0.29, 0.717) is 6.04 Å². The Morgan fingerprint density at radius 3 is 2.86 bits per heavy atom. The van der Waals surface area contributed by atoms with Crippen LogP contribution in [0, 0.1) is 0 Å². The van der Waals surface area contributed by atoms with Crippen LogP contribution in [0.3, 0.4) is 0 Å². The molecule has 4 heteroatoms. The lowest BCUT2D eigenvalue weighted by Gasteiger charge is -2.33. The van der Waals surface area contributed by atoms with Crippen molar-refractivity contribution in [3.05, 3.63) is 53.9 Å². The summed E-state index contributed by atoms with van der Waals surface area (Å²) in [5.41, 5.74) is 2.53. The van der Waals surface area contributed by atoms with Crippen LogP contribution in [0.1, 0.15) is 24.1 Å². The summed E-state index contributed by atoms with van der Waals surface area (Å²) in [7, 11) is 1.96. The van der Waals surface area contributed by atoms with E-state index < -0.39 is 0 Å². The number of likely N-dealkylation sites (tertiary alicyclic amines) is 1. The molecule has 4 nitrogen and oxygen atoms in total. The third kappa shape index (κ3) is 4.16. The SMILES string of the molecule is Cn1ccc(CNC2CCCN(Cc3ccccc3)C2)n1. The lowest BCUT2D eigenvalue weighted by atomic mass is 10.0. The Kier molecular flexibility index (Phi) is 4.68. The highest BCUT2D eigenvalue weighted by molar-refractivity contribution is 5.14. The Hall–Kier alpha value is -1.65. The molecule has 1 aliphatic rings. The molecule has 1 saturated heterocycles. The maximum absolute atomic E-state index is 4.42. The van der Waals surface area contributed by atoms with Gasteiger partial charge in [0.15, 0.2) is 0 Å². The molecule has 112 valence electrons. The zero-order valence-corrected chi connectivity index (χ0v) is 12.7. The number of hydrogen-bond acceptors (Lipinski definition) is 3. The fourth-order valence-corrected chi connectivity index (χ4v) is 3.01. The number of benzene rings is 1. The molecule has 1 N–H and O–H groups in total. The highest BCUT2D eigenvalue weighted by Crippen LogP contribution is 2.14. The van der Waals surface area contributed by atoms with Crippen LogP contribution in [-0.4, -0.2) is 33.8 Å². The summed E-state index contributed by atoms with van der Waals surface area (Å²) in [6.07, 6.45) is 4.53. The number of nitrogens with zero attached hydrogens (tertiary/aromatic N) is 3. The quantitative estimate of drug-likeness (QED) is 0.913. The van der Waals surface area contributed by atoms with E-state index in [1.165, 1.54) is 24.9 Å². The van der Waals surface area contributed by atoms with Crippen LogP contribution in [0.5, 0.6) is 0 Å². The normalized spacial score (nSPS) is 19.8. The maximum atomic E-state index is 4.42. The lowest BCUT2D eigenvalue weighted by Crippen LogP contribution is -2.45. The van der Waals surface area contributed by atoms with Crippen molar-refractivity contribution in [2.45, 2.75) is 32.0 Å². The summed E-state index contributed by atoms with van der Waals surface area (Å²) in [5.74, 6) is 0. The van der Waals surface area contributed by atoms with Crippen molar-refractivity contribution in [2.75, 3.05) is 13.1 Å². The monoisotopic (exact) mass is 284 g/mol. The lowest BCUT2D eigenvalue weighted by molar-refractivity contribution is 0.182. The fourth-order valence-electron chi connectivity index (χ4n) is 3.01. The van der Waals surface area contributed by atoms with Crippen molar-refractivity contribution in [3.63, 3.8) is 0 Å². The van der Waals surface area contributed by atoms with Gasteiger partial charge in [-0.15, -0.1) is 0 Å². The van der Waals surface area contributed by atoms with Gasteiger partial charge in [0.05, 0.1) is 5.69 Å². The van der Waals surface area contributed by atoms with Gasteiger partial charge in [-0.3, -0.25) is 9.58 Å². The largest absolute Gasteiger partial charge is 0.307 e. The summed E-state index contributed by atoms with van der Waals surface area (Å²) in [5, 5.41) is 8.07. The molecule has 0 amide bonds. The molecular weight excluding hydrogens is 260 g/mol. The average molecular weight is 284 g/mol. The molecular formula is C17H24N4. The van der Waals surface area contributed by atoms with Crippen LogP contribution in [0.2, 0.25) is 0 Å². The zero-order valence-electron chi connectivity index (χ0n) is 12.7. The predicted octanol–water partition coefficient (Wildman–Crippen LogP) is 2.17. The molecule has 0 spiro atoms. The summed E-state index contributed by atoms with van der Waals surface area (Å²) in [6, 6.07) is 13.4. The molecule has 1 aromatic carbocycles. The first-order valence-corrected chi connectivity index (χ1v) is 7.78. The molecule has 1 fully saturated rings. The van der Waals surface area contributed by atoms with Crippen LogP contribution in [0.4, 0.5) is 0 Å². The Balaban J connectivity index is 1.49. The molecule has 1 aliphatic heterocycles. The molecule has 0 bridgehead atoms. The second-order valence-electron chi connectivity index (χ2n) is 5.92. The van der Waals surface area contributed by atoms with E-state index in [1.807, 2.05) is 17.9 Å². The van der Waals surface area contributed by atoms with E-state index in [2.05, 4.69) is 51.7 Å². The van der Waals surface area contributed by atoms with E-state index in [0.717, 1.165) is 25.3 Å². The van der Waals surface area contributed by atoms with Crippen molar-refractivity contribution in [2.24, 2.45) is 7.05 Å². The van der Waals surface area contributed by atoms with Gasteiger partial charge in [-0.2, -0.15) is 5.10 Å². The minimum atomic E-state index is 0.574. The molecule has 1 unspecified atom stereocenters. The second-order valence-corrected chi connectivity index (χ2v) is 5.92. The number of piperidine rings is 1. The highest BCUT2D eigenvalue weighted by Gasteiger charge is 2.19. The van der Waals surface area contributed by atoms with Gasteiger partial charge >= 0.3 is 0 Å². The Morgan fingerprint density at radius 1 is 1.24 bits per heavy atom. The van der Waals surface area contributed by atoms with Gasteiger partial charge in [0.1, 0.15) is 0 Å². The Bertz CT molecular complexity index is 549. The third-order valence-electron chi connectivity index (χ3n) is 4.10. The van der Waals surface area contributed by atoms with Crippen LogP contribution < -0.4 is 5.32 Å². The minimum absolute atomic E-state index is 0.574. The summed E-state index contributed by atoms with van der Waals surface area (Å²) < 4.78 is 1.86. The molecule has 1 atom stereocenters. The number of aromatic nitrogens is 2. The summed E-state index contributed by atoms with van der Waals surface area (Å²) in [6.45, 7) is 4.26. The number of rotatable bonds is 5. The van der Waals surface area contributed by atoms with E-state index in [9.17, 15) is 0 Å². The first-order chi connectivity index (χ1) is 10.3. The zero-order chi connectivity index (χ0) is 14.5. The van der Waals surface area contributed by atoms with Gasteiger partial charge in [0, 0.05) is 38.9 Å². The van der Waals surface area contributed by atoms with Crippen molar-refractivity contribution in [3.8, 4) is 0 Å². The second kappa shape index (κ2) is 6.87. The smallest absolute Gasteiger partial charge is 0.0762 e. The molecule has 0 saturated carbocycles. The minimum Gasteiger partial charge on any atom is -0.307 e. The van der Waals surface area contributed by atoms with Gasteiger partial charge < -0.3 is 5.32 Å². The fraction of sp³-hybridized carbons (Fsp3) is 0.471. The van der Waals surface area contributed by atoms with Crippen molar-refractivity contribution < 1.29 is 0 Å². The average Bonchev–Trinajstić information content (AvgIpc) is 2.92. The van der Waals surface area contributed by atoms with Crippen molar-refractivity contribution in [1.82, 2.24) is 20.0 Å². The van der Waals surface area contributed by atoms with Crippen molar-refractivity contribution in [1.29, 1.82) is 0 Å². The highest BCUT2D eigenvalue weighted by atomic mass is 15.3. The first-order valence-electron chi connectivity index (χ1n) is 7.78. The van der Waals surface area contributed by atoms with Gasteiger partial charge in [0.25, 0.3) is 0 Å². The molecule has 0 aliphatic carbocycles. The molecule has 2 heterocycles. The van der Waals surface area contributed by atoms with E-state index in [4.69, 9.17) is 0 Å². The summed E-state index contributed by atoms with van der Waals surface area (Å²) >= 11 is 0. The molecule has 2 aromatic rings. The van der Waals surface area contributed by atoms with Gasteiger partial charge in [0.2, 0.25) is 0 Å². The maximum Gasteiger partial charge on any atom is 0.0762 e. The van der Waals surface area contributed by atoms with Crippen LogP contribution in [0.15, 0.2) is 42.6 Å². The predicted molar refractivity (Wildman–Crippen MR) is 84.8 cm³/mol. The van der Waals surface area contributed by atoms with Crippen LogP contribution in [0.25, 0.3) is 0 Å². The number of hydrogen-bond donors (Lipinski definition) is 1. The Labute approximate surface area is 126 Å². The summed E-state index contributed by atoms with van der Waals surface area (Å²) in [4.78, 5) is 2.55.